The fraction of sp³-hybridized carbons (Fsp3) is 0.250. The third kappa shape index (κ3) is 2.58. The summed E-state index contributed by atoms with van der Waals surface area (Å²) in [6.07, 6.45) is 0. The van der Waals surface area contributed by atoms with Crippen LogP contribution < -0.4 is 0 Å². The molecular weight excluding hydrogens is 199 g/mol. The first-order chi connectivity index (χ1) is 5.09. The minimum Gasteiger partial charge on any atom is -0.171 e. The summed E-state index contributed by atoms with van der Waals surface area (Å²) in [4.78, 5) is 0. The smallest absolute Gasteiger partial charge is 0.0423 e. The van der Waals surface area contributed by atoms with Gasteiger partial charge in [0.2, 0.25) is 0 Å². The Balaban J connectivity index is 3.08. The molecule has 0 N–H and O–H groups in total. The van der Waals surface area contributed by atoms with Crippen molar-refractivity contribution in [1.29, 1.82) is 0 Å². The molecule has 0 heterocycles. The van der Waals surface area contributed by atoms with Crippen molar-refractivity contribution in [3.8, 4) is 0 Å². The average Bonchev–Trinajstić information content (AvgIpc) is 1.85. The average molecular weight is 207 g/mol. The first-order valence-corrected chi connectivity index (χ1v) is 4.51. The molecule has 0 spiro atoms. The highest BCUT2D eigenvalue weighted by atomic mass is 35.5. The Morgan fingerprint density at radius 1 is 1.18 bits per heavy atom. The van der Waals surface area contributed by atoms with Crippen molar-refractivity contribution in [1.82, 2.24) is 0 Å². The summed E-state index contributed by atoms with van der Waals surface area (Å²) < 4.78 is 0. The van der Waals surface area contributed by atoms with E-state index in [0.717, 1.165) is 5.56 Å². The molecule has 1 aromatic carbocycles. The molecule has 60 valence electrons. The van der Waals surface area contributed by atoms with Crippen LogP contribution in [0.25, 0.3) is 0 Å². The van der Waals surface area contributed by atoms with Crippen LogP contribution in [0.2, 0.25) is 10.0 Å². The van der Waals surface area contributed by atoms with Gasteiger partial charge >= 0.3 is 0 Å². The molecule has 0 bridgehead atoms. The van der Waals surface area contributed by atoms with Crippen molar-refractivity contribution in [2.24, 2.45) is 0 Å². The minimum atomic E-state index is 0.172. The fourth-order valence-electron chi connectivity index (χ4n) is 0.816. The summed E-state index contributed by atoms with van der Waals surface area (Å²) >= 11 is 15.8. The molecule has 1 aromatic rings. The summed E-state index contributed by atoms with van der Waals surface area (Å²) in [7, 11) is 0. The van der Waals surface area contributed by atoms with E-state index in [1.54, 1.807) is 6.07 Å². The third-order valence-corrected chi connectivity index (χ3v) is 2.10. The predicted octanol–water partition coefficient (Wildman–Crippen LogP) is 3.98. The highest BCUT2D eigenvalue weighted by Crippen LogP contribution is 2.26. The van der Waals surface area contributed by atoms with Crippen molar-refractivity contribution in [3.05, 3.63) is 33.8 Å². The monoisotopic (exact) mass is 206 g/mol. The molecule has 0 saturated heterocycles. The van der Waals surface area contributed by atoms with Gasteiger partial charge in [0.25, 0.3) is 0 Å². The molecule has 0 aliphatic carbocycles. The summed E-state index contributed by atoms with van der Waals surface area (Å²) in [5, 5.41) is 1.49. The molecule has 0 fully saturated rings. The quantitative estimate of drug-likeness (QED) is 0.661. The number of benzene rings is 1. The van der Waals surface area contributed by atoms with Crippen LogP contribution in [0.4, 0.5) is 0 Å². The van der Waals surface area contributed by atoms with E-state index in [9.17, 15) is 0 Å². The molecule has 1 atom stereocenters. The maximum Gasteiger partial charge on any atom is 0.0423 e. The van der Waals surface area contributed by atoms with Gasteiger partial charge in [-0.15, -0.1) is 0 Å². The van der Waals surface area contributed by atoms with Gasteiger partial charge in [-0.05, 0) is 30.7 Å². The predicted molar refractivity (Wildman–Crippen MR) is 53.9 cm³/mol. The van der Waals surface area contributed by atoms with Crippen LogP contribution in [0.3, 0.4) is 0 Å². The molecular formula is C8H8Cl2S. The molecule has 3 heteroatoms. The SMILES string of the molecule is CC(S)c1cc(Cl)cc(Cl)c1. The van der Waals surface area contributed by atoms with Crippen molar-refractivity contribution in [2.75, 3.05) is 0 Å². The second-order valence-corrected chi connectivity index (χ2v) is 4.03. The molecule has 1 rings (SSSR count). The Labute approximate surface area is 81.9 Å². The maximum absolute atomic E-state index is 5.78. The summed E-state index contributed by atoms with van der Waals surface area (Å²) in [5.74, 6) is 0. The second-order valence-electron chi connectivity index (χ2n) is 2.38. The van der Waals surface area contributed by atoms with Gasteiger partial charge < -0.3 is 0 Å². The van der Waals surface area contributed by atoms with E-state index in [-0.39, 0.29) is 5.25 Å². The van der Waals surface area contributed by atoms with Crippen LogP contribution in [0.5, 0.6) is 0 Å². The third-order valence-electron chi connectivity index (χ3n) is 1.37. The lowest BCUT2D eigenvalue weighted by Crippen LogP contribution is -1.83. The van der Waals surface area contributed by atoms with Crippen LogP contribution in [-0.4, -0.2) is 0 Å². The summed E-state index contributed by atoms with van der Waals surface area (Å²) in [6.45, 7) is 1.98. The van der Waals surface area contributed by atoms with Gasteiger partial charge in [0.05, 0.1) is 0 Å². The number of hydrogen-bond acceptors (Lipinski definition) is 1. The summed E-state index contributed by atoms with van der Waals surface area (Å²) in [5.41, 5.74) is 1.05. The lowest BCUT2D eigenvalue weighted by Gasteiger charge is -2.04. The van der Waals surface area contributed by atoms with E-state index >= 15 is 0 Å². The zero-order chi connectivity index (χ0) is 8.43. The molecule has 0 radical (unpaired) electrons. The number of thiol groups is 1. The Hall–Kier alpha value is 0.150. The van der Waals surface area contributed by atoms with Crippen LogP contribution in [0, 0.1) is 0 Å². The molecule has 0 amide bonds. The van der Waals surface area contributed by atoms with Gasteiger partial charge in [-0.1, -0.05) is 23.2 Å². The van der Waals surface area contributed by atoms with Gasteiger partial charge in [0.15, 0.2) is 0 Å². The van der Waals surface area contributed by atoms with Crippen LogP contribution in [-0.2, 0) is 0 Å². The largest absolute Gasteiger partial charge is 0.171 e. The van der Waals surface area contributed by atoms with Gasteiger partial charge in [0, 0.05) is 15.3 Å². The molecule has 0 aliphatic heterocycles. The topological polar surface area (TPSA) is 0 Å². The molecule has 1 unspecified atom stereocenters. The standard InChI is InChI=1S/C8H8Cl2S/c1-5(11)6-2-7(9)4-8(10)3-6/h2-5,11H,1H3. The van der Waals surface area contributed by atoms with E-state index < -0.39 is 0 Å². The van der Waals surface area contributed by atoms with Crippen molar-refractivity contribution < 1.29 is 0 Å². The molecule has 0 aliphatic rings. The van der Waals surface area contributed by atoms with Gasteiger partial charge in [-0.3, -0.25) is 0 Å². The molecule has 0 nitrogen and oxygen atoms in total. The van der Waals surface area contributed by atoms with E-state index in [1.165, 1.54) is 0 Å². The fourth-order valence-corrected chi connectivity index (χ4v) is 1.51. The Morgan fingerprint density at radius 2 is 1.64 bits per heavy atom. The Morgan fingerprint density at radius 3 is 2.00 bits per heavy atom. The van der Waals surface area contributed by atoms with Crippen molar-refractivity contribution in [2.45, 2.75) is 12.2 Å². The number of halogens is 2. The number of rotatable bonds is 1. The first-order valence-electron chi connectivity index (χ1n) is 3.23. The normalized spacial score (nSPS) is 13.1. The highest BCUT2D eigenvalue weighted by Gasteiger charge is 2.01. The zero-order valence-corrected chi connectivity index (χ0v) is 8.42. The van der Waals surface area contributed by atoms with Crippen LogP contribution in [0.1, 0.15) is 17.7 Å². The molecule has 0 saturated carbocycles. The zero-order valence-electron chi connectivity index (χ0n) is 6.01. The van der Waals surface area contributed by atoms with E-state index in [1.807, 2.05) is 19.1 Å². The minimum absolute atomic E-state index is 0.172. The van der Waals surface area contributed by atoms with E-state index in [2.05, 4.69) is 12.6 Å². The van der Waals surface area contributed by atoms with Gasteiger partial charge in [-0.25, -0.2) is 0 Å². The van der Waals surface area contributed by atoms with E-state index in [0.29, 0.717) is 10.0 Å². The van der Waals surface area contributed by atoms with Crippen LogP contribution >= 0.6 is 35.8 Å². The maximum atomic E-state index is 5.78. The molecule has 11 heavy (non-hydrogen) atoms. The lowest BCUT2D eigenvalue weighted by molar-refractivity contribution is 1.11. The van der Waals surface area contributed by atoms with Crippen molar-refractivity contribution >= 4 is 35.8 Å². The Kier molecular flexibility index (Phi) is 3.11. The van der Waals surface area contributed by atoms with Gasteiger partial charge in [0.1, 0.15) is 0 Å². The molecule has 0 aromatic heterocycles. The van der Waals surface area contributed by atoms with E-state index in [4.69, 9.17) is 23.2 Å². The van der Waals surface area contributed by atoms with Crippen molar-refractivity contribution in [3.63, 3.8) is 0 Å². The second kappa shape index (κ2) is 3.70. The van der Waals surface area contributed by atoms with Gasteiger partial charge in [-0.2, -0.15) is 12.6 Å². The number of hydrogen-bond donors (Lipinski definition) is 1. The first kappa shape index (κ1) is 9.24. The van der Waals surface area contributed by atoms with Crippen LogP contribution in [0.15, 0.2) is 18.2 Å². The summed E-state index contributed by atoms with van der Waals surface area (Å²) in [6, 6.07) is 5.44. The Bertz CT molecular complexity index is 238. The lowest BCUT2D eigenvalue weighted by atomic mass is 10.2. The highest BCUT2D eigenvalue weighted by molar-refractivity contribution is 7.80.